The zero-order valence-corrected chi connectivity index (χ0v) is 20.8. The van der Waals surface area contributed by atoms with Gasteiger partial charge in [0.15, 0.2) is 11.0 Å². The van der Waals surface area contributed by atoms with Crippen LogP contribution in [0.1, 0.15) is 12.5 Å². The van der Waals surface area contributed by atoms with Crippen LogP contribution in [0.2, 0.25) is 5.15 Å². The lowest BCUT2D eigenvalue weighted by Gasteiger charge is -2.36. The molecule has 37 heavy (non-hydrogen) atoms. The summed E-state index contributed by atoms with van der Waals surface area (Å²) in [6, 6.07) is 16.1. The van der Waals surface area contributed by atoms with Gasteiger partial charge in [0, 0.05) is 36.4 Å². The molecule has 0 radical (unpaired) electrons. The van der Waals surface area contributed by atoms with Crippen molar-refractivity contribution in [3.05, 3.63) is 89.9 Å². The van der Waals surface area contributed by atoms with Crippen molar-refractivity contribution in [3.8, 4) is 0 Å². The van der Waals surface area contributed by atoms with Crippen molar-refractivity contribution in [3.63, 3.8) is 0 Å². The highest BCUT2D eigenvalue weighted by Crippen LogP contribution is 2.37. The summed E-state index contributed by atoms with van der Waals surface area (Å²) >= 11 is 6.19. The van der Waals surface area contributed by atoms with Gasteiger partial charge in [-0.2, -0.15) is 10.1 Å². The van der Waals surface area contributed by atoms with E-state index in [0.29, 0.717) is 29.4 Å². The molecule has 2 aromatic heterocycles. The number of carbonyl (C=O) groups is 2. The Bertz CT molecular complexity index is 1500. The van der Waals surface area contributed by atoms with Crippen LogP contribution in [0, 0.1) is 0 Å². The highest BCUT2D eigenvalue weighted by molar-refractivity contribution is 6.32. The summed E-state index contributed by atoms with van der Waals surface area (Å²) in [6.07, 6.45) is 6.48. The van der Waals surface area contributed by atoms with Crippen molar-refractivity contribution < 1.29 is 9.59 Å². The topological polar surface area (TPSA) is 108 Å². The Morgan fingerprint density at radius 3 is 2.62 bits per heavy atom. The van der Waals surface area contributed by atoms with Gasteiger partial charge in [-0.25, -0.2) is 14.7 Å². The van der Waals surface area contributed by atoms with E-state index in [1.807, 2.05) is 30.3 Å². The first kappa shape index (κ1) is 24.0. The standard InChI is InChI=1S/C26H23ClN8O2/c1-3-8-22(36)29-18-9-7-12-20(13-18)35-24-17(15-34(26(35)37)19-10-5-4-6-11-19)14-28-25(31-24)30-21-16-33(2)32-23(21)27/h3-14,16H,15H2,1-2H3,(H,29,36)(H,28,30,31)/b8-3+. The molecule has 0 spiro atoms. The van der Waals surface area contributed by atoms with Crippen LogP contribution in [0.15, 0.2) is 79.1 Å². The fraction of sp³-hybridized carbons (Fsp3) is 0.115. The van der Waals surface area contributed by atoms with Gasteiger partial charge >= 0.3 is 6.03 Å². The van der Waals surface area contributed by atoms with Crippen LogP contribution in [-0.2, 0) is 18.4 Å². The number of allylic oxidation sites excluding steroid dienone is 1. The van der Waals surface area contributed by atoms with E-state index in [1.54, 1.807) is 66.3 Å². The van der Waals surface area contributed by atoms with Gasteiger partial charge < -0.3 is 10.6 Å². The molecule has 1 aliphatic heterocycles. The molecular weight excluding hydrogens is 492 g/mol. The number of carbonyl (C=O) groups excluding carboxylic acids is 2. The van der Waals surface area contributed by atoms with Crippen LogP contribution >= 0.6 is 11.6 Å². The Hall–Kier alpha value is -4.70. The molecule has 2 aromatic carbocycles. The van der Waals surface area contributed by atoms with Crippen molar-refractivity contribution >= 4 is 58.1 Å². The number of para-hydroxylation sites is 1. The van der Waals surface area contributed by atoms with Gasteiger partial charge in [-0.3, -0.25) is 14.4 Å². The first-order valence-electron chi connectivity index (χ1n) is 11.5. The Kier molecular flexibility index (Phi) is 6.57. The van der Waals surface area contributed by atoms with E-state index in [2.05, 4.69) is 25.7 Å². The summed E-state index contributed by atoms with van der Waals surface area (Å²) in [7, 11) is 1.76. The quantitative estimate of drug-likeness (QED) is 0.333. The molecule has 3 heterocycles. The molecule has 0 saturated heterocycles. The summed E-state index contributed by atoms with van der Waals surface area (Å²) in [6.45, 7) is 2.06. The maximum absolute atomic E-state index is 13.9. The molecule has 4 aromatic rings. The molecule has 0 atom stereocenters. The molecular formula is C26H23ClN8O2. The molecule has 0 aliphatic carbocycles. The third-order valence-electron chi connectivity index (χ3n) is 5.59. The van der Waals surface area contributed by atoms with Crippen LogP contribution in [0.25, 0.3) is 0 Å². The third-order valence-corrected chi connectivity index (χ3v) is 5.87. The third kappa shape index (κ3) is 5.00. The Balaban J connectivity index is 1.57. The number of anilines is 6. The summed E-state index contributed by atoms with van der Waals surface area (Å²) in [5.41, 5.74) is 3.10. The maximum atomic E-state index is 13.9. The van der Waals surface area contributed by atoms with E-state index in [-0.39, 0.29) is 23.0 Å². The van der Waals surface area contributed by atoms with Crippen LogP contribution < -0.4 is 20.4 Å². The predicted octanol–water partition coefficient (Wildman–Crippen LogP) is 5.40. The Morgan fingerprint density at radius 2 is 1.89 bits per heavy atom. The number of aryl methyl sites for hydroxylation is 1. The summed E-state index contributed by atoms with van der Waals surface area (Å²) < 4.78 is 1.57. The Labute approximate surface area is 218 Å². The summed E-state index contributed by atoms with van der Waals surface area (Å²) in [5, 5.41) is 10.3. The number of aromatic nitrogens is 4. The van der Waals surface area contributed by atoms with Gasteiger partial charge in [0.2, 0.25) is 11.9 Å². The minimum absolute atomic E-state index is 0.261. The minimum Gasteiger partial charge on any atom is -0.322 e. The van der Waals surface area contributed by atoms with Crippen molar-refractivity contribution in [2.24, 2.45) is 7.05 Å². The van der Waals surface area contributed by atoms with Gasteiger partial charge in [-0.1, -0.05) is 41.9 Å². The molecule has 5 rings (SSSR count). The monoisotopic (exact) mass is 514 g/mol. The van der Waals surface area contributed by atoms with E-state index in [4.69, 9.17) is 11.6 Å². The van der Waals surface area contributed by atoms with E-state index in [0.717, 1.165) is 11.3 Å². The van der Waals surface area contributed by atoms with Crippen LogP contribution in [0.5, 0.6) is 0 Å². The van der Waals surface area contributed by atoms with Crippen LogP contribution in [0.4, 0.5) is 39.3 Å². The molecule has 0 bridgehead atoms. The van der Waals surface area contributed by atoms with E-state index in [1.165, 1.54) is 11.0 Å². The smallest absolute Gasteiger partial charge is 0.322 e. The zero-order valence-electron chi connectivity index (χ0n) is 20.1. The highest BCUT2D eigenvalue weighted by atomic mass is 35.5. The normalized spacial score (nSPS) is 13.1. The number of amides is 3. The van der Waals surface area contributed by atoms with Gasteiger partial charge in [0.1, 0.15) is 0 Å². The number of rotatable bonds is 6. The number of halogens is 1. The van der Waals surface area contributed by atoms with Gasteiger partial charge in [-0.15, -0.1) is 0 Å². The van der Waals surface area contributed by atoms with Crippen LogP contribution in [0.3, 0.4) is 0 Å². The number of hydrogen-bond donors (Lipinski definition) is 2. The summed E-state index contributed by atoms with van der Waals surface area (Å²) in [4.78, 5) is 38.3. The van der Waals surface area contributed by atoms with Crippen molar-refractivity contribution in [2.75, 3.05) is 20.4 Å². The van der Waals surface area contributed by atoms with Crippen LogP contribution in [-0.4, -0.2) is 31.7 Å². The summed E-state index contributed by atoms with van der Waals surface area (Å²) in [5.74, 6) is 0.418. The number of fused-ring (bicyclic) bond motifs is 1. The second kappa shape index (κ2) is 10.1. The number of urea groups is 1. The maximum Gasteiger partial charge on any atom is 0.335 e. The van der Waals surface area contributed by atoms with Gasteiger partial charge in [0.05, 0.1) is 17.9 Å². The zero-order chi connectivity index (χ0) is 25.9. The second-order valence-corrected chi connectivity index (χ2v) is 8.61. The fourth-order valence-electron chi connectivity index (χ4n) is 3.98. The lowest BCUT2D eigenvalue weighted by molar-refractivity contribution is -0.111. The number of nitrogens with one attached hydrogen (secondary N) is 2. The lowest BCUT2D eigenvalue weighted by Crippen LogP contribution is -2.45. The minimum atomic E-state index is -0.292. The molecule has 2 N–H and O–H groups in total. The number of benzene rings is 2. The predicted molar refractivity (Wildman–Crippen MR) is 144 cm³/mol. The molecule has 11 heteroatoms. The van der Waals surface area contributed by atoms with Crippen molar-refractivity contribution in [1.29, 1.82) is 0 Å². The highest BCUT2D eigenvalue weighted by Gasteiger charge is 2.34. The Morgan fingerprint density at radius 1 is 1.11 bits per heavy atom. The van der Waals surface area contributed by atoms with Crippen molar-refractivity contribution in [2.45, 2.75) is 13.5 Å². The molecule has 3 amide bonds. The van der Waals surface area contributed by atoms with Gasteiger partial charge in [0.25, 0.3) is 0 Å². The van der Waals surface area contributed by atoms with E-state index >= 15 is 0 Å². The average Bonchev–Trinajstić information content (AvgIpc) is 3.20. The number of nitrogens with zero attached hydrogens (tertiary/aromatic N) is 6. The lowest BCUT2D eigenvalue weighted by atomic mass is 10.1. The SMILES string of the molecule is C/C=C/C(=O)Nc1cccc(N2C(=O)N(c3ccccc3)Cc3cnc(Nc4cn(C)nc4Cl)nc32)c1. The molecule has 1 aliphatic rings. The van der Waals surface area contributed by atoms with E-state index < -0.39 is 0 Å². The van der Waals surface area contributed by atoms with E-state index in [9.17, 15) is 9.59 Å². The molecule has 0 saturated carbocycles. The molecule has 0 fully saturated rings. The van der Waals surface area contributed by atoms with Crippen molar-refractivity contribution in [1.82, 2.24) is 19.7 Å². The average molecular weight is 515 g/mol. The first-order chi connectivity index (χ1) is 17.9. The molecule has 186 valence electrons. The first-order valence-corrected chi connectivity index (χ1v) is 11.8. The fourth-order valence-corrected chi connectivity index (χ4v) is 4.19. The van der Waals surface area contributed by atoms with Gasteiger partial charge in [-0.05, 0) is 43.3 Å². The second-order valence-electron chi connectivity index (χ2n) is 8.25. The largest absolute Gasteiger partial charge is 0.335 e. The molecule has 0 unspecified atom stereocenters. The number of hydrogen-bond acceptors (Lipinski definition) is 6. The molecule has 10 nitrogen and oxygen atoms in total.